The highest BCUT2D eigenvalue weighted by Gasteiger charge is 2.28. The Balaban J connectivity index is 1.11. The number of fused-ring (bicyclic) bond motifs is 1. The number of carboxylic acid groups (broad SMARTS) is 1. The molecule has 0 unspecified atom stereocenters. The van der Waals surface area contributed by atoms with Gasteiger partial charge >= 0.3 is 5.97 Å². The Kier molecular flexibility index (Phi) is 9.29. The molecule has 8 heteroatoms. The van der Waals surface area contributed by atoms with E-state index in [9.17, 15) is 14.7 Å². The molecule has 3 aromatic rings. The molecule has 3 heterocycles. The highest BCUT2D eigenvalue weighted by atomic mass is 16.5. The second-order valence-corrected chi connectivity index (χ2v) is 10.7. The van der Waals surface area contributed by atoms with Crippen LogP contribution in [0.4, 0.5) is 5.82 Å². The molecule has 0 saturated carbocycles. The maximum atomic E-state index is 13.1. The summed E-state index contributed by atoms with van der Waals surface area (Å²) in [6.45, 7) is 3.63. The number of rotatable bonds is 11. The summed E-state index contributed by atoms with van der Waals surface area (Å²) >= 11 is 0. The molecular formula is C32H38N4O4. The minimum absolute atomic E-state index is 0.0392. The Morgan fingerprint density at radius 2 is 1.93 bits per heavy atom. The number of aryl methyl sites for hydroxylation is 2. The molecule has 40 heavy (non-hydrogen) atoms. The predicted molar refractivity (Wildman–Crippen MR) is 155 cm³/mol. The number of ether oxygens (including phenoxy) is 1. The second-order valence-electron chi connectivity index (χ2n) is 10.7. The van der Waals surface area contributed by atoms with Gasteiger partial charge in [0, 0.05) is 25.3 Å². The lowest BCUT2D eigenvalue weighted by Crippen LogP contribution is -2.44. The van der Waals surface area contributed by atoms with E-state index in [-0.39, 0.29) is 18.4 Å². The first-order chi connectivity index (χ1) is 19.5. The Morgan fingerprint density at radius 1 is 1.07 bits per heavy atom. The lowest BCUT2D eigenvalue weighted by atomic mass is 9.95. The van der Waals surface area contributed by atoms with Gasteiger partial charge in [-0.2, -0.15) is 0 Å². The summed E-state index contributed by atoms with van der Waals surface area (Å²) in [5.74, 6) is 0.226. The van der Waals surface area contributed by atoms with Crippen LogP contribution in [0.15, 0.2) is 66.7 Å². The summed E-state index contributed by atoms with van der Waals surface area (Å²) in [4.78, 5) is 32.3. The van der Waals surface area contributed by atoms with Crippen molar-refractivity contribution in [3.8, 4) is 11.5 Å². The van der Waals surface area contributed by atoms with Crippen LogP contribution >= 0.6 is 0 Å². The number of para-hydroxylation sites is 1. The lowest BCUT2D eigenvalue weighted by Gasteiger charge is -2.32. The van der Waals surface area contributed by atoms with Gasteiger partial charge < -0.3 is 25.4 Å². The third-order valence-electron chi connectivity index (χ3n) is 7.75. The van der Waals surface area contributed by atoms with Gasteiger partial charge in [-0.05, 0) is 93.1 Å². The number of amides is 1. The van der Waals surface area contributed by atoms with E-state index in [4.69, 9.17) is 9.72 Å². The van der Waals surface area contributed by atoms with Gasteiger partial charge in [0.25, 0.3) is 0 Å². The summed E-state index contributed by atoms with van der Waals surface area (Å²) < 4.78 is 5.87. The fraction of sp³-hybridized carbons (Fsp3) is 0.406. The molecule has 3 N–H and O–H groups in total. The van der Waals surface area contributed by atoms with Gasteiger partial charge in [-0.1, -0.05) is 36.4 Å². The molecule has 1 fully saturated rings. The van der Waals surface area contributed by atoms with Crippen LogP contribution in [0.1, 0.15) is 48.4 Å². The molecule has 1 amide bonds. The molecule has 1 saturated heterocycles. The zero-order valence-electron chi connectivity index (χ0n) is 22.9. The van der Waals surface area contributed by atoms with Crippen LogP contribution in [0.5, 0.6) is 11.5 Å². The van der Waals surface area contributed by atoms with Gasteiger partial charge in [-0.3, -0.25) is 9.59 Å². The number of carbonyl (C=O) groups is 2. The second kappa shape index (κ2) is 13.4. The van der Waals surface area contributed by atoms with Crippen molar-refractivity contribution in [2.75, 3.05) is 38.0 Å². The van der Waals surface area contributed by atoms with E-state index < -0.39 is 11.9 Å². The van der Waals surface area contributed by atoms with Crippen molar-refractivity contribution >= 4 is 17.7 Å². The first-order valence-corrected chi connectivity index (χ1v) is 14.3. The maximum Gasteiger partial charge on any atom is 0.312 e. The number of carboxylic acids is 1. The van der Waals surface area contributed by atoms with Gasteiger partial charge in [-0.15, -0.1) is 0 Å². The number of aromatic nitrogens is 1. The zero-order valence-corrected chi connectivity index (χ0v) is 22.9. The number of nitrogens with one attached hydrogen (secondary N) is 2. The van der Waals surface area contributed by atoms with Gasteiger partial charge in [0.2, 0.25) is 5.91 Å². The van der Waals surface area contributed by atoms with Crippen molar-refractivity contribution in [3.05, 3.63) is 83.6 Å². The highest BCUT2D eigenvalue weighted by Crippen LogP contribution is 2.26. The Morgan fingerprint density at radius 3 is 2.77 bits per heavy atom. The highest BCUT2D eigenvalue weighted by molar-refractivity contribution is 5.81. The predicted octanol–water partition coefficient (Wildman–Crippen LogP) is 4.86. The first-order valence-electron chi connectivity index (χ1n) is 14.3. The van der Waals surface area contributed by atoms with Gasteiger partial charge in [0.1, 0.15) is 17.3 Å². The third-order valence-corrected chi connectivity index (χ3v) is 7.75. The molecule has 8 nitrogen and oxygen atoms in total. The number of anilines is 1. The van der Waals surface area contributed by atoms with E-state index in [1.165, 1.54) is 5.56 Å². The fourth-order valence-electron chi connectivity index (χ4n) is 5.58. The average molecular weight is 543 g/mol. The number of hydrogen-bond acceptors (Lipinski definition) is 6. The summed E-state index contributed by atoms with van der Waals surface area (Å²) in [5.41, 5.74) is 3.01. The van der Waals surface area contributed by atoms with Crippen molar-refractivity contribution in [1.29, 1.82) is 0 Å². The van der Waals surface area contributed by atoms with Gasteiger partial charge in [0.05, 0.1) is 11.8 Å². The molecule has 0 radical (unpaired) electrons. The Labute approximate surface area is 235 Å². The van der Waals surface area contributed by atoms with Gasteiger partial charge in [-0.25, -0.2) is 4.98 Å². The van der Waals surface area contributed by atoms with E-state index in [0.717, 1.165) is 69.7 Å². The number of benzene rings is 2. The van der Waals surface area contributed by atoms with Crippen LogP contribution in [0, 0.1) is 5.92 Å². The average Bonchev–Trinajstić information content (AvgIpc) is 2.98. The molecule has 2 aliphatic rings. The molecule has 2 aliphatic heterocycles. The topological polar surface area (TPSA) is 104 Å². The number of carbonyl (C=O) groups excluding carboxylic acids is 1. The van der Waals surface area contributed by atoms with E-state index in [1.807, 2.05) is 30.3 Å². The first kappa shape index (κ1) is 27.6. The summed E-state index contributed by atoms with van der Waals surface area (Å²) in [6.07, 6.45) is 5.93. The molecule has 1 aromatic heterocycles. The van der Waals surface area contributed by atoms with E-state index in [1.54, 1.807) is 24.3 Å². The minimum Gasteiger partial charge on any atom is -0.481 e. The number of piperidine rings is 1. The summed E-state index contributed by atoms with van der Waals surface area (Å²) in [7, 11) is 0. The summed E-state index contributed by atoms with van der Waals surface area (Å²) in [6, 6.07) is 20.8. The number of aliphatic carboxylic acids is 1. The van der Waals surface area contributed by atoms with Crippen LogP contribution in [0.25, 0.3) is 0 Å². The molecule has 0 bridgehead atoms. The van der Waals surface area contributed by atoms with Crippen molar-refractivity contribution in [2.24, 2.45) is 5.92 Å². The van der Waals surface area contributed by atoms with Gasteiger partial charge in [0.15, 0.2) is 0 Å². The van der Waals surface area contributed by atoms with E-state index in [0.29, 0.717) is 23.6 Å². The standard InChI is InChI=1S/C32H38N4O4/c37-31(34-21-29(32(38)39)24-8-4-14-28(20-24)40-27-12-2-1-3-13-27)25-10-6-18-36(22-25)19-7-11-26-16-15-23-9-5-17-33-30(23)35-26/h1-4,8,12-16,20,25,29H,5-7,9-11,17-19,21-22H2,(H,33,35)(H,34,37)(H,38,39)/t25-,29-/m1/s1. The van der Waals surface area contributed by atoms with Crippen LogP contribution < -0.4 is 15.4 Å². The zero-order chi connectivity index (χ0) is 27.7. The van der Waals surface area contributed by atoms with Crippen molar-refractivity contribution in [2.45, 2.75) is 44.4 Å². The van der Waals surface area contributed by atoms with Crippen LogP contribution in [0.2, 0.25) is 0 Å². The molecule has 210 valence electrons. The molecule has 0 aliphatic carbocycles. The molecule has 2 atom stereocenters. The smallest absolute Gasteiger partial charge is 0.312 e. The maximum absolute atomic E-state index is 13.1. The molecule has 0 spiro atoms. The van der Waals surface area contributed by atoms with Crippen molar-refractivity contribution < 1.29 is 19.4 Å². The lowest BCUT2D eigenvalue weighted by molar-refractivity contribution is -0.138. The van der Waals surface area contributed by atoms with E-state index >= 15 is 0 Å². The van der Waals surface area contributed by atoms with Crippen LogP contribution in [-0.2, 0) is 22.4 Å². The number of likely N-dealkylation sites (tertiary alicyclic amines) is 1. The molecule has 2 aromatic carbocycles. The number of hydrogen-bond donors (Lipinski definition) is 3. The van der Waals surface area contributed by atoms with Crippen molar-refractivity contribution in [1.82, 2.24) is 15.2 Å². The quantitative estimate of drug-likeness (QED) is 0.318. The Hall–Kier alpha value is -3.91. The minimum atomic E-state index is -0.978. The molecule has 5 rings (SSSR count). The monoisotopic (exact) mass is 542 g/mol. The summed E-state index contributed by atoms with van der Waals surface area (Å²) in [5, 5.41) is 16.3. The van der Waals surface area contributed by atoms with Crippen molar-refractivity contribution in [3.63, 3.8) is 0 Å². The van der Waals surface area contributed by atoms with Crippen LogP contribution in [0.3, 0.4) is 0 Å². The number of nitrogens with zero attached hydrogens (tertiary/aromatic N) is 2. The largest absolute Gasteiger partial charge is 0.481 e. The SMILES string of the molecule is O=C(NC[C@@H](C(=O)O)c1cccc(Oc2ccccc2)c1)[C@@H]1CCCN(CCCc2ccc3c(n2)NCCC3)C1. The molecular weight excluding hydrogens is 504 g/mol. The Bertz CT molecular complexity index is 1300. The third kappa shape index (κ3) is 7.39. The normalized spacial score (nSPS) is 17.8. The van der Waals surface area contributed by atoms with Crippen LogP contribution in [-0.4, -0.2) is 59.6 Å². The fourth-order valence-corrected chi connectivity index (χ4v) is 5.58. The number of pyridine rings is 1. The van der Waals surface area contributed by atoms with E-state index in [2.05, 4.69) is 27.7 Å².